The van der Waals surface area contributed by atoms with Gasteiger partial charge in [0.25, 0.3) is 5.91 Å². The number of carbonyl (C=O) groups excluding carboxylic acids is 1. The number of alkyl halides is 3. The third kappa shape index (κ3) is 4.80. The molecule has 0 spiro atoms. The lowest BCUT2D eigenvalue weighted by molar-refractivity contribution is -0.137. The summed E-state index contributed by atoms with van der Waals surface area (Å²) in [6.45, 7) is 1.97. The summed E-state index contributed by atoms with van der Waals surface area (Å²) in [5.74, 6) is 0.123. The first-order valence-corrected chi connectivity index (χ1v) is 10.4. The number of rotatable bonds is 6. The van der Waals surface area contributed by atoms with Gasteiger partial charge in [-0.2, -0.15) is 13.2 Å². The lowest BCUT2D eigenvalue weighted by atomic mass is 9.95. The van der Waals surface area contributed by atoms with Crippen molar-refractivity contribution in [2.45, 2.75) is 44.4 Å². The Kier molecular flexibility index (Phi) is 5.97. The molecule has 1 fully saturated rings. The van der Waals surface area contributed by atoms with Gasteiger partial charge in [-0.15, -0.1) is 0 Å². The molecule has 4 rings (SSSR count). The second-order valence-corrected chi connectivity index (χ2v) is 7.99. The summed E-state index contributed by atoms with van der Waals surface area (Å²) < 4.78 is 39.4. The Balaban J connectivity index is 1.51. The summed E-state index contributed by atoms with van der Waals surface area (Å²) in [6, 6.07) is 12.0. The molecule has 5 nitrogen and oxygen atoms in total. The van der Waals surface area contributed by atoms with E-state index in [-0.39, 0.29) is 18.5 Å². The van der Waals surface area contributed by atoms with Crippen molar-refractivity contribution in [1.82, 2.24) is 15.3 Å². The third-order valence-corrected chi connectivity index (χ3v) is 5.64. The zero-order valence-corrected chi connectivity index (χ0v) is 17.5. The van der Waals surface area contributed by atoms with Crippen LogP contribution in [0, 0.1) is 0 Å². The molecule has 32 heavy (non-hydrogen) atoms. The summed E-state index contributed by atoms with van der Waals surface area (Å²) in [6.07, 6.45) is -0.857. The highest BCUT2D eigenvalue weighted by atomic mass is 19.4. The molecule has 1 saturated carbocycles. The van der Waals surface area contributed by atoms with Crippen LogP contribution in [0.3, 0.4) is 0 Å². The van der Waals surface area contributed by atoms with Crippen molar-refractivity contribution >= 4 is 5.91 Å². The fraction of sp³-hybridized carbons (Fsp3) is 0.292. The minimum absolute atomic E-state index is 0.128. The van der Waals surface area contributed by atoms with Crippen LogP contribution in [0.15, 0.2) is 54.9 Å². The molecule has 0 radical (unpaired) electrons. The van der Waals surface area contributed by atoms with E-state index in [0.717, 1.165) is 36.2 Å². The zero-order valence-electron chi connectivity index (χ0n) is 17.5. The molecule has 1 amide bonds. The predicted octanol–water partition coefficient (Wildman–Crippen LogP) is 4.99. The fourth-order valence-corrected chi connectivity index (χ4v) is 3.60. The molecule has 1 heterocycles. The van der Waals surface area contributed by atoms with Gasteiger partial charge in [-0.1, -0.05) is 30.3 Å². The Hall–Kier alpha value is -3.26. The Morgan fingerprint density at radius 2 is 1.84 bits per heavy atom. The van der Waals surface area contributed by atoms with Crippen molar-refractivity contribution in [3.8, 4) is 11.1 Å². The largest absolute Gasteiger partial charge is 0.416 e. The Bertz CT molecular complexity index is 1120. The SMILES string of the molecule is C[C@@H](NC(=O)c1cc(C2CC2)ncn1)c1ccc(-c2cc(C(F)(F)F)ccc2CN)cc1. The van der Waals surface area contributed by atoms with Crippen LogP contribution < -0.4 is 11.1 Å². The molecule has 1 atom stereocenters. The molecular formula is C24H23F3N4O. The van der Waals surface area contributed by atoms with Crippen LogP contribution in [0.1, 0.15) is 64.6 Å². The van der Waals surface area contributed by atoms with E-state index in [1.54, 1.807) is 30.3 Å². The monoisotopic (exact) mass is 440 g/mol. The second-order valence-electron chi connectivity index (χ2n) is 7.99. The van der Waals surface area contributed by atoms with Gasteiger partial charge >= 0.3 is 6.18 Å². The summed E-state index contributed by atoms with van der Waals surface area (Å²) in [4.78, 5) is 20.9. The van der Waals surface area contributed by atoms with Crippen molar-refractivity contribution in [2.24, 2.45) is 5.73 Å². The molecule has 3 N–H and O–H groups in total. The highest BCUT2D eigenvalue weighted by molar-refractivity contribution is 5.92. The first-order valence-electron chi connectivity index (χ1n) is 10.4. The quantitative estimate of drug-likeness (QED) is 0.566. The first kappa shape index (κ1) is 22.0. The van der Waals surface area contributed by atoms with E-state index in [0.29, 0.717) is 28.3 Å². The van der Waals surface area contributed by atoms with Gasteiger partial charge in [-0.25, -0.2) is 9.97 Å². The van der Waals surface area contributed by atoms with Gasteiger partial charge in [0.2, 0.25) is 0 Å². The maximum Gasteiger partial charge on any atom is 0.416 e. The molecule has 0 saturated heterocycles. The Morgan fingerprint density at radius 3 is 2.47 bits per heavy atom. The molecule has 3 aromatic rings. The van der Waals surface area contributed by atoms with Crippen LogP contribution in [0.2, 0.25) is 0 Å². The minimum Gasteiger partial charge on any atom is -0.344 e. The number of nitrogens with zero attached hydrogens (tertiary/aromatic N) is 2. The number of hydrogen-bond donors (Lipinski definition) is 2. The van der Waals surface area contributed by atoms with E-state index in [2.05, 4.69) is 15.3 Å². The van der Waals surface area contributed by atoms with Crippen LogP contribution in [-0.2, 0) is 12.7 Å². The van der Waals surface area contributed by atoms with Gasteiger partial charge in [-0.3, -0.25) is 4.79 Å². The van der Waals surface area contributed by atoms with Gasteiger partial charge in [-0.05, 0) is 60.2 Å². The standard InChI is InChI=1S/C24H23F3N4O/c1-14(31-23(32)22-11-21(17-6-7-17)29-13-30-22)15-2-4-16(5-3-15)20-10-19(24(25,26)27)9-8-18(20)12-28/h2-5,8-11,13-14,17H,6-7,12,28H2,1H3,(H,31,32)/t14-/m1/s1. The normalized spacial score (nSPS) is 14.8. The van der Waals surface area contributed by atoms with E-state index in [1.165, 1.54) is 12.4 Å². The predicted molar refractivity (Wildman–Crippen MR) is 115 cm³/mol. The molecular weight excluding hydrogens is 417 g/mol. The second kappa shape index (κ2) is 8.70. The maximum absolute atomic E-state index is 13.1. The lowest BCUT2D eigenvalue weighted by Gasteiger charge is -2.16. The van der Waals surface area contributed by atoms with Gasteiger partial charge in [0, 0.05) is 18.2 Å². The van der Waals surface area contributed by atoms with Crippen LogP contribution in [0.5, 0.6) is 0 Å². The molecule has 2 aromatic carbocycles. The minimum atomic E-state index is -4.43. The molecule has 1 aliphatic rings. The summed E-state index contributed by atoms with van der Waals surface area (Å²) in [5, 5.41) is 2.91. The first-order chi connectivity index (χ1) is 15.3. The van der Waals surface area contributed by atoms with Gasteiger partial charge in [0.1, 0.15) is 12.0 Å². The van der Waals surface area contributed by atoms with Gasteiger partial charge < -0.3 is 11.1 Å². The van der Waals surface area contributed by atoms with Crippen LogP contribution >= 0.6 is 0 Å². The van der Waals surface area contributed by atoms with Crippen molar-refractivity contribution in [3.63, 3.8) is 0 Å². The van der Waals surface area contributed by atoms with Crippen LogP contribution in [0.4, 0.5) is 13.2 Å². The molecule has 0 bridgehead atoms. The number of aromatic nitrogens is 2. The van der Waals surface area contributed by atoms with Gasteiger partial charge in [0.15, 0.2) is 0 Å². The molecule has 0 unspecified atom stereocenters. The Morgan fingerprint density at radius 1 is 1.12 bits per heavy atom. The zero-order chi connectivity index (χ0) is 22.9. The highest BCUT2D eigenvalue weighted by Crippen LogP contribution is 2.39. The summed E-state index contributed by atoms with van der Waals surface area (Å²) in [5.41, 5.74) is 8.74. The topological polar surface area (TPSA) is 80.9 Å². The van der Waals surface area contributed by atoms with Crippen molar-refractivity contribution in [2.75, 3.05) is 0 Å². The molecule has 1 aromatic heterocycles. The van der Waals surface area contributed by atoms with E-state index in [9.17, 15) is 18.0 Å². The number of amides is 1. The third-order valence-electron chi connectivity index (χ3n) is 5.64. The molecule has 1 aliphatic carbocycles. The van der Waals surface area contributed by atoms with E-state index < -0.39 is 11.7 Å². The maximum atomic E-state index is 13.1. The van der Waals surface area contributed by atoms with Crippen molar-refractivity contribution in [1.29, 1.82) is 0 Å². The van der Waals surface area contributed by atoms with Crippen LogP contribution in [0.25, 0.3) is 11.1 Å². The van der Waals surface area contributed by atoms with Gasteiger partial charge in [0.05, 0.1) is 11.6 Å². The van der Waals surface area contributed by atoms with Crippen molar-refractivity contribution in [3.05, 3.63) is 82.9 Å². The average Bonchev–Trinajstić information content (AvgIpc) is 3.64. The number of halogens is 3. The summed E-state index contributed by atoms with van der Waals surface area (Å²) in [7, 11) is 0. The number of benzene rings is 2. The van der Waals surface area contributed by atoms with E-state index in [1.807, 2.05) is 6.92 Å². The number of carbonyl (C=O) groups is 1. The molecule has 0 aliphatic heterocycles. The molecule has 8 heteroatoms. The summed E-state index contributed by atoms with van der Waals surface area (Å²) >= 11 is 0. The number of nitrogens with one attached hydrogen (secondary N) is 1. The molecule has 166 valence electrons. The highest BCUT2D eigenvalue weighted by Gasteiger charge is 2.31. The van der Waals surface area contributed by atoms with E-state index >= 15 is 0 Å². The van der Waals surface area contributed by atoms with Crippen molar-refractivity contribution < 1.29 is 18.0 Å². The smallest absolute Gasteiger partial charge is 0.344 e. The van der Waals surface area contributed by atoms with E-state index in [4.69, 9.17) is 5.73 Å². The lowest BCUT2D eigenvalue weighted by Crippen LogP contribution is -2.27. The average molecular weight is 440 g/mol. The number of nitrogens with two attached hydrogens (primary N) is 1. The number of hydrogen-bond acceptors (Lipinski definition) is 4. The Labute approximate surface area is 183 Å². The fourth-order valence-electron chi connectivity index (χ4n) is 3.60. The van der Waals surface area contributed by atoms with Crippen LogP contribution in [-0.4, -0.2) is 15.9 Å².